The summed E-state index contributed by atoms with van der Waals surface area (Å²) in [6, 6.07) is 15.1. The van der Waals surface area contributed by atoms with Crippen LogP contribution in [-0.2, 0) is 21.2 Å². The molecule has 2 aromatic carbocycles. The van der Waals surface area contributed by atoms with Crippen LogP contribution in [0.2, 0.25) is 0 Å². The molecule has 2 rings (SSSR count). The Morgan fingerprint density at radius 1 is 1.00 bits per heavy atom. The Labute approximate surface area is 149 Å². The number of amides is 1. The molecular weight excluding hydrogens is 336 g/mol. The lowest BCUT2D eigenvalue weighted by molar-refractivity contribution is -0.119. The molecule has 25 heavy (non-hydrogen) atoms. The summed E-state index contributed by atoms with van der Waals surface area (Å²) >= 11 is 0. The zero-order valence-corrected chi connectivity index (χ0v) is 15.6. The molecule has 0 unspecified atom stereocenters. The van der Waals surface area contributed by atoms with Crippen molar-refractivity contribution in [3.8, 4) is 0 Å². The number of carbonyl (C=O) groups is 1. The van der Waals surface area contributed by atoms with Crippen LogP contribution in [0.1, 0.15) is 16.7 Å². The highest BCUT2D eigenvalue weighted by Crippen LogP contribution is 2.21. The summed E-state index contributed by atoms with van der Waals surface area (Å²) in [7, 11) is -3.55. The van der Waals surface area contributed by atoms with Crippen LogP contribution >= 0.6 is 0 Å². The van der Waals surface area contributed by atoms with E-state index in [1.54, 1.807) is 12.1 Å². The lowest BCUT2D eigenvalue weighted by Crippen LogP contribution is -2.41. The van der Waals surface area contributed by atoms with Crippen molar-refractivity contribution in [2.75, 3.05) is 23.7 Å². The number of nitrogens with one attached hydrogen (secondary N) is 1. The fourth-order valence-corrected chi connectivity index (χ4v) is 3.55. The predicted molar refractivity (Wildman–Crippen MR) is 101 cm³/mol. The molecule has 0 bridgehead atoms. The normalized spacial score (nSPS) is 11.2. The third kappa shape index (κ3) is 5.32. The maximum Gasteiger partial charge on any atom is 0.240 e. The van der Waals surface area contributed by atoms with E-state index in [1.807, 2.05) is 50.2 Å². The van der Waals surface area contributed by atoms with Gasteiger partial charge in [-0.15, -0.1) is 0 Å². The van der Waals surface area contributed by atoms with Gasteiger partial charge >= 0.3 is 0 Å². The van der Waals surface area contributed by atoms with Gasteiger partial charge in [-0.3, -0.25) is 9.10 Å². The third-order valence-electron chi connectivity index (χ3n) is 4.05. The first-order valence-corrected chi connectivity index (χ1v) is 9.98. The molecule has 0 aliphatic carbocycles. The molecule has 6 heteroatoms. The van der Waals surface area contributed by atoms with E-state index in [0.717, 1.165) is 16.1 Å². The van der Waals surface area contributed by atoms with E-state index in [1.165, 1.54) is 11.1 Å². The van der Waals surface area contributed by atoms with E-state index in [0.29, 0.717) is 18.7 Å². The topological polar surface area (TPSA) is 66.5 Å². The second kappa shape index (κ2) is 8.16. The van der Waals surface area contributed by atoms with Crippen LogP contribution in [0.3, 0.4) is 0 Å². The first kappa shape index (κ1) is 19.0. The molecule has 0 atom stereocenters. The summed E-state index contributed by atoms with van der Waals surface area (Å²) in [4.78, 5) is 12.2. The zero-order valence-electron chi connectivity index (χ0n) is 14.8. The van der Waals surface area contributed by atoms with Gasteiger partial charge in [0, 0.05) is 6.54 Å². The Hall–Kier alpha value is -2.34. The molecule has 5 nitrogen and oxygen atoms in total. The van der Waals surface area contributed by atoms with Crippen LogP contribution < -0.4 is 9.62 Å². The molecule has 0 saturated heterocycles. The number of nitrogens with zero attached hydrogens (tertiary/aromatic N) is 1. The number of benzene rings is 2. The number of carbonyl (C=O) groups excluding carboxylic acids is 1. The van der Waals surface area contributed by atoms with Gasteiger partial charge in [0.05, 0.1) is 11.9 Å². The molecule has 0 heterocycles. The molecule has 0 spiro atoms. The maximum atomic E-state index is 12.2. The summed E-state index contributed by atoms with van der Waals surface area (Å²) in [5, 5.41) is 2.81. The second-order valence-corrected chi connectivity index (χ2v) is 7.99. The molecule has 0 aliphatic rings. The molecule has 0 fully saturated rings. The monoisotopic (exact) mass is 360 g/mol. The van der Waals surface area contributed by atoms with Crippen LogP contribution in [0.25, 0.3) is 0 Å². The highest BCUT2D eigenvalue weighted by molar-refractivity contribution is 7.92. The van der Waals surface area contributed by atoms with Gasteiger partial charge in [-0.1, -0.05) is 42.5 Å². The largest absolute Gasteiger partial charge is 0.354 e. The Bertz CT molecular complexity index is 847. The molecule has 2 aromatic rings. The lowest BCUT2D eigenvalue weighted by Gasteiger charge is -2.23. The van der Waals surface area contributed by atoms with E-state index < -0.39 is 10.0 Å². The fraction of sp³-hybridized carbons (Fsp3) is 0.316. The number of para-hydroxylation sites is 1. The summed E-state index contributed by atoms with van der Waals surface area (Å²) in [6.07, 6.45) is 1.82. The quantitative estimate of drug-likeness (QED) is 0.825. The van der Waals surface area contributed by atoms with E-state index in [9.17, 15) is 13.2 Å². The van der Waals surface area contributed by atoms with Gasteiger partial charge < -0.3 is 5.32 Å². The van der Waals surface area contributed by atoms with Gasteiger partial charge in [0.1, 0.15) is 6.54 Å². The lowest BCUT2D eigenvalue weighted by atomic mass is 10.1. The first-order valence-electron chi connectivity index (χ1n) is 8.13. The van der Waals surface area contributed by atoms with Crippen LogP contribution in [0.5, 0.6) is 0 Å². The maximum absolute atomic E-state index is 12.2. The average Bonchev–Trinajstić information content (AvgIpc) is 2.54. The van der Waals surface area contributed by atoms with Crippen molar-refractivity contribution in [1.82, 2.24) is 5.32 Å². The van der Waals surface area contributed by atoms with Crippen molar-refractivity contribution in [1.29, 1.82) is 0 Å². The Morgan fingerprint density at radius 2 is 1.60 bits per heavy atom. The van der Waals surface area contributed by atoms with Gasteiger partial charge in [0.2, 0.25) is 15.9 Å². The van der Waals surface area contributed by atoms with E-state index in [-0.39, 0.29) is 12.5 Å². The van der Waals surface area contributed by atoms with Gasteiger partial charge in [-0.2, -0.15) is 0 Å². The van der Waals surface area contributed by atoms with Crippen LogP contribution in [-0.4, -0.2) is 33.7 Å². The summed E-state index contributed by atoms with van der Waals surface area (Å²) in [6.45, 7) is 4.09. The standard InChI is InChI=1S/C19H24N2O3S/c1-15-8-4-6-10-17(15)12-13-20-19(22)14-21(25(3,23)24)18-11-7-5-9-16(18)2/h4-11H,12-14H2,1-3H3,(H,20,22). The van der Waals surface area contributed by atoms with E-state index >= 15 is 0 Å². The zero-order chi connectivity index (χ0) is 18.4. The highest BCUT2D eigenvalue weighted by atomic mass is 32.2. The van der Waals surface area contributed by atoms with Gasteiger partial charge in [-0.25, -0.2) is 8.42 Å². The van der Waals surface area contributed by atoms with E-state index in [4.69, 9.17) is 0 Å². The smallest absolute Gasteiger partial charge is 0.240 e. The minimum Gasteiger partial charge on any atom is -0.354 e. The number of anilines is 1. The van der Waals surface area contributed by atoms with Crippen molar-refractivity contribution in [3.63, 3.8) is 0 Å². The fourth-order valence-electron chi connectivity index (χ4n) is 2.64. The number of hydrogen-bond acceptors (Lipinski definition) is 3. The Balaban J connectivity index is 2.01. The Morgan fingerprint density at radius 3 is 2.20 bits per heavy atom. The molecule has 1 N–H and O–H groups in total. The average molecular weight is 360 g/mol. The van der Waals surface area contributed by atoms with Gasteiger partial charge in [0.15, 0.2) is 0 Å². The summed E-state index contributed by atoms with van der Waals surface area (Å²) in [5.74, 6) is -0.317. The number of aryl methyl sites for hydroxylation is 2. The summed E-state index contributed by atoms with van der Waals surface area (Å²) < 4.78 is 25.4. The molecule has 0 saturated carbocycles. The van der Waals surface area contributed by atoms with Crippen LogP contribution in [0.15, 0.2) is 48.5 Å². The predicted octanol–water partition coefficient (Wildman–Crippen LogP) is 2.43. The number of rotatable bonds is 7. The molecule has 0 aromatic heterocycles. The van der Waals surface area contributed by atoms with Crippen molar-refractivity contribution in [3.05, 3.63) is 65.2 Å². The van der Waals surface area contributed by atoms with Gasteiger partial charge in [0.25, 0.3) is 0 Å². The highest BCUT2D eigenvalue weighted by Gasteiger charge is 2.21. The SMILES string of the molecule is Cc1ccccc1CCNC(=O)CN(c1ccccc1C)S(C)(=O)=O. The second-order valence-electron chi connectivity index (χ2n) is 6.08. The molecule has 1 amide bonds. The Kier molecular flexibility index (Phi) is 6.20. The molecule has 0 aliphatic heterocycles. The van der Waals surface area contributed by atoms with E-state index in [2.05, 4.69) is 5.32 Å². The van der Waals surface area contributed by atoms with Crippen LogP contribution in [0.4, 0.5) is 5.69 Å². The molecule has 134 valence electrons. The minimum atomic E-state index is -3.55. The van der Waals surface area contributed by atoms with Crippen molar-refractivity contribution < 1.29 is 13.2 Å². The molecular formula is C19H24N2O3S. The summed E-state index contributed by atoms with van der Waals surface area (Å²) in [5.41, 5.74) is 3.68. The molecule has 0 radical (unpaired) electrons. The van der Waals surface area contributed by atoms with Crippen molar-refractivity contribution in [2.24, 2.45) is 0 Å². The third-order valence-corrected chi connectivity index (χ3v) is 5.18. The minimum absolute atomic E-state index is 0.225. The van der Waals surface area contributed by atoms with Crippen LogP contribution in [0, 0.1) is 13.8 Å². The number of sulfonamides is 1. The van der Waals surface area contributed by atoms with Crippen molar-refractivity contribution >= 4 is 21.6 Å². The number of hydrogen-bond donors (Lipinski definition) is 1. The van der Waals surface area contributed by atoms with Crippen molar-refractivity contribution in [2.45, 2.75) is 20.3 Å². The first-order chi connectivity index (χ1) is 11.8. The van der Waals surface area contributed by atoms with Gasteiger partial charge in [-0.05, 0) is 43.0 Å².